The summed E-state index contributed by atoms with van der Waals surface area (Å²) in [6.45, 7) is 2.28. The van der Waals surface area contributed by atoms with E-state index in [0.717, 1.165) is 17.7 Å². The van der Waals surface area contributed by atoms with Gasteiger partial charge in [0.05, 0.1) is 29.5 Å². The van der Waals surface area contributed by atoms with Gasteiger partial charge < -0.3 is 10.3 Å². The molecule has 31 heavy (non-hydrogen) atoms. The number of nitrogens with one attached hydrogen (secondary N) is 3. The van der Waals surface area contributed by atoms with Crippen LogP contribution in [0.25, 0.3) is 22.1 Å². The molecular formula is C21H19N9O. The van der Waals surface area contributed by atoms with Gasteiger partial charge in [-0.15, -0.1) is 0 Å². The van der Waals surface area contributed by atoms with Crippen LogP contribution in [0.2, 0.25) is 0 Å². The minimum Gasteiger partial charge on any atom is -0.361 e. The number of imidazole rings is 1. The van der Waals surface area contributed by atoms with E-state index in [1.807, 2.05) is 25.1 Å². The fraction of sp³-hybridized carbons (Fsp3) is 0.143. The molecule has 0 aliphatic carbocycles. The minimum absolute atomic E-state index is 0.162. The van der Waals surface area contributed by atoms with Crippen molar-refractivity contribution in [2.75, 3.05) is 10.7 Å². The highest BCUT2D eigenvalue weighted by Crippen LogP contribution is 2.18. The normalized spacial score (nSPS) is 11.1. The Balaban J connectivity index is 1.61. The van der Waals surface area contributed by atoms with Crippen LogP contribution in [-0.4, -0.2) is 34.6 Å². The monoisotopic (exact) mass is 413 g/mol. The molecule has 154 valence electrons. The smallest absolute Gasteiger partial charge is 0.280 e. The molecule has 0 unspecified atom stereocenters. The average molecular weight is 413 g/mol. The average Bonchev–Trinajstić information content (AvgIpc) is 3.29. The standard InChI is InChI=1S/C21H19N9O/c1-2-13-4-3-5-15-17(13)21(31)30(29-14-6-8-22-9-7-14)16(28-15)10-23-19-18-20(25-11-24-18)27-12-26-19/h3-9,11-12H,2,10H2,1H3,(H,22,29)(H2,23,24,25,26,27). The van der Waals surface area contributed by atoms with Gasteiger partial charge in [-0.05, 0) is 30.2 Å². The maximum atomic E-state index is 13.5. The summed E-state index contributed by atoms with van der Waals surface area (Å²) in [7, 11) is 0. The van der Waals surface area contributed by atoms with Crippen LogP contribution in [0.4, 0.5) is 11.5 Å². The predicted molar refractivity (Wildman–Crippen MR) is 118 cm³/mol. The molecule has 5 aromatic rings. The number of H-pyrrole nitrogens is 1. The topological polar surface area (TPSA) is 126 Å². The number of anilines is 2. The molecule has 0 saturated heterocycles. The lowest BCUT2D eigenvalue weighted by molar-refractivity contribution is 0.781. The van der Waals surface area contributed by atoms with Gasteiger partial charge in [0, 0.05) is 12.4 Å². The molecule has 3 N–H and O–H groups in total. The third-order valence-electron chi connectivity index (χ3n) is 4.99. The molecule has 0 amide bonds. The molecule has 0 atom stereocenters. The van der Waals surface area contributed by atoms with Crippen LogP contribution < -0.4 is 16.3 Å². The first kappa shape index (κ1) is 18.7. The van der Waals surface area contributed by atoms with Gasteiger partial charge in [-0.1, -0.05) is 19.1 Å². The van der Waals surface area contributed by atoms with Crippen LogP contribution in [0.5, 0.6) is 0 Å². The van der Waals surface area contributed by atoms with Crippen molar-refractivity contribution in [1.82, 2.24) is 34.6 Å². The van der Waals surface area contributed by atoms with Crippen molar-refractivity contribution >= 4 is 33.6 Å². The summed E-state index contributed by atoms with van der Waals surface area (Å²) in [5.74, 6) is 1.09. The van der Waals surface area contributed by atoms with Crippen LogP contribution in [0.15, 0.2) is 60.2 Å². The number of hydrogen-bond donors (Lipinski definition) is 3. The fourth-order valence-corrected chi connectivity index (χ4v) is 3.49. The maximum Gasteiger partial charge on any atom is 0.280 e. The number of fused-ring (bicyclic) bond motifs is 2. The first-order valence-electron chi connectivity index (χ1n) is 9.83. The van der Waals surface area contributed by atoms with Crippen molar-refractivity contribution in [3.63, 3.8) is 0 Å². The molecule has 0 aliphatic heterocycles. The number of benzene rings is 1. The number of aryl methyl sites for hydroxylation is 1. The van der Waals surface area contributed by atoms with Gasteiger partial charge in [0.25, 0.3) is 5.56 Å². The molecule has 1 aromatic carbocycles. The van der Waals surface area contributed by atoms with E-state index >= 15 is 0 Å². The molecule has 0 radical (unpaired) electrons. The number of pyridine rings is 1. The van der Waals surface area contributed by atoms with Gasteiger partial charge in [0.1, 0.15) is 11.8 Å². The second-order valence-electron chi connectivity index (χ2n) is 6.86. The minimum atomic E-state index is -0.162. The first-order valence-corrected chi connectivity index (χ1v) is 9.83. The largest absolute Gasteiger partial charge is 0.361 e. The lowest BCUT2D eigenvalue weighted by atomic mass is 10.1. The Labute approximate surface area is 176 Å². The van der Waals surface area contributed by atoms with Gasteiger partial charge >= 0.3 is 0 Å². The van der Waals surface area contributed by atoms with Crippen molar-refractivity contribution < 1.29 is 0 Å². The summed E-state index contributed by atoms with van der Waals surface area (Å²) < 4.78 is 1.47. The van der Waals surface area contributed by atoms with Crippen molar-refractivity contribution in [3.8, 4) is 0 Å². The van der Waals surface area contributed by atoms with Gasteiger partial charge in [0.15, 0.2) is 17.3 Å². The number of hydrogen-bond acceptors (Lipinski definition) is 8. The van der Waals surface area contributed by atoms with Crippen LogP contribution in [0, 0.1) is 0 Å². The van der Waals surface area contributed by atoms with Crippen LogP contribution in [0.3, 0.4) is 0 Å². The van der Waals surface area contributed by atoms with Gasteiger partial charge in [0.2, 0.25) is 0 Å². The van der Waals surface area contributed by atoms with E-state index in [0.29, 0.717) is 33.7 Å². The number of aromatic nitrogens is 7. The number of nitrogens with zero attached hydrogens (tertiary/aromatic N) is 6. The Hall–Kier alpha value is -4.34. The van der Waals surface area contributed by atoms with Gasteiger partial charge in [-0.3, -0.25) is 15.2 Å². The van der Waals surface area contributed by atoms with E-state index in [1.54, 1.807) is 30.9 Å². The lowest BCUT2D eigenvalue weighted by Gasteiger charge is -2.17. The molecule has 0 aliphatic rings. The Kier molecular flexibility index (Phi) is 4.71. The Bertz CT molecular complexity index is 1430. The molecule has 0 spiro atoms. The highest BCUT2D eigenvalue weighted by molar-refractivity contribution is 5.83. The molecule has 0 saturated carbocycles. The van der Waals surface area contributed by atoms with Crippen molar-refractivity contribution in [2.24, 2.45) is 0 Å². The number of aromatic amines is 1. The van der Waals surface area contributed by atoms with Crippen molar-refractivity contribution in [2.45, 2.75) is 19.9 Å². The zero-order chi connectivity index (χ0) is 21.2. The number of rotatable bonds is 6. The van der Waals surface area contributed by atoms with E-state index in [2.05, 4.69) is 35.7 Å². The Morgan fingerprint density at radius 2 is 1.97 bits per heavy atom. The first-order chi connectivity index (χ1) is 15.2. The molecule has 0 bridgehead atoms. The molecule has 4 heterocycles. The van der Waals surface area contributed by atoms with Gasteiger partial charge in [-0.2, -0.15) is 0 Å². The van der Waals surface area contributed by atoms with Crippen molar-refractivity contribution in [3.05, 3.63) is 77.1 Å². The van der Waals surface area contributed by atoms with E-state index in [9.17, 15) is 4.79 Å². The molecule has 4 aromatic heterocycles. The van der Waals surface area contributed by atoms with Crippen LogP contribution in [-0.2, 0) is 13.0 Å². The third kappa shape index (κ3) is 3.44. The van der Waals surface area contributed by atoms with E-state index < -0.39 is 0 Å². The molecular weight excluding hydrogens is 394 g/mol. The summed E-state index contributed by atoms with van der Waals surface area (Å²) >= 11 is 0. The van der Waals surface area contributed by atoms with Crippen LogP contribution >= 0.6 is 0 Å². The molecule has 10 nitrogen and oxygen atoms in total. The van der Waals surface area contributed by atoms with E-state index in [4.69, 9.17) is 4.98 Å². The summed E-state index contributed by atoms with van der Waals surface area (Å²) in [4.78, 5) is 37.9. The molecule has 0 fully saturated rings. The Morgan fingerprint density at radius 1 is 1.10 bits per heavy atom. The summed E-state index contributed by atoms with van der Waals surface area (Å²) in [6.07, 6.45) is 7.06. The summed E-state index contributed by atoms with van der Waals surface area (Å²) in [6, 6.07) is 9.31. The summed E-state index contributed by atoms with van der Waals surface area (Å²) in [5.41, 5.74) is 6.58. The third-order valence-corrected chi connectivity index (χ3v) is 4.99. The lowest BCUT2D eigenvalue weighted by Crippen LogP contribution is -2.32. The quantitative estimate of drug-likeness (QED) is 0.388. The van der Waals surface area contributed by atoms with E-state index in [1.165, 1.54) is 11.0 Å². The van der Waals surface area contributed by atoms with Crippen LogP contribution in [0.1, 0.15) is 18.3 Å². The second-order valence-corrected chi connectivity index (χ2v) is 6.86. The maximum absolute atomic E-state index is 13.5. The molecule has 5 rings (SSSR count). The fourth-order valence-electron chi connectivity index (χ4n) is 3.49. The zero-order valence-electron chi connectivity index (χ0n) is 16.7. The second kappa shape index (κ2) is 7.82. The predicted octanol–water partition coefficient (Wildman–Crippen LogP) is 2.51. The Morgan fingerprint density at radius 3 is 2.81 bits per heavy atom. The highest BCUT2D eigenvalue weighted by atomic mass is 16.1. The van der Waals surface area contributed by atoms with Crippen molar-refractivity contribution in [1.29, 1.82) is 0 Å². The zero-order valence-corrected chi connectivity index (χ0v) is 16.7. The van der Waals surface area contributed by atoms with Gasteiger partial charge in [-0.25, -0.2) is 24.6 Å². The highest BCUT2D eigenvalue weighted by Gasteiger charge is 2.15. The SMILES string of the molecule is CCc1cccc2nc(CNc3ncnc4nc[nH]c34)n(Nc3ccncc3)c(=O)c12. The summed E-state index contributed by atoms with van der Waals surface area (Å²) in [5, 5.41) is 3.84. The molecule has 10 heteroatoms. The van der Waals surface area contributed by atoms with E-state index in [-0.39, 0.29) is 12.1 Å².